The molecule has 7 heteroatoms. The number of nitrogens with one attached hydrogen (secondary N) is 3. The summed E-state index contributed by atoms with van der Waals surface area (Å²) in [7, 11) is 1.49. The average Bonchev–Trinajstić information content (AvgIpc) is 2.35. The van der Waals surface area contributed by atoms with E-state index in [0.29, 0.717) is 0 Å². The number of aromatic nitrogens is 1. The number of amides is 2. The van der Waals surface area contributed by atoms with Crippen LogP contribution < -0.4 is 21.9 Å². The number of carbonyl (C=O) groups excluding carboxylic acids is 2. The van der Waals surface area contributed by atoms with Crippen molar-refractivity contribution in [2.75, 3.05) is 19.0 Å². The van der Waals surface area contributed by atoms with Gasteiger partial charge in [-0.25, -0.2) is 10.8 Å². The van der Waals surface area contributed by atoms with Gasteiger partial charge in [0, 0.05) is 13.2 Å². The normalized spacial score (nSPS) is 9.38. The first-order chi connectivity index (χ1) is 7.69. The molecule has 0 aliphatic rings. The molecule has 86 valence electrons. The third kappa shape index (κ3) is 2.92. The Kier molecular flexibility index (Phi) is 4.22. The monoisotopic (exact) mass is 223 g/mol. The van der Waals surface area contributed by atoms with E-state index in [4.69, 9.17) is 5.84 Å². The number of carbonyl (C=O) groups is 2. The summed E-state index contributed by atoms with van der Waals surface area (Å²) in [6.07, 6.45) is 1.50. The molecule has 0 saturated carbocycles. The second-order valence-corrected chi connectivity index (χ2v) is 2.90. The van der Waals surface area contributed by atoms with Crippen molar-refractivity contribution in [3.8, 4) is 0 Å². The second-order valence-electron chi connectivity index (χ2n) is 2.90. The van der Waals surface area contributed by atoms with E-state index in [1.54, 1.807) is 12.1 Å². The molecule has 0 aliphatic heterocycles. The molecule has 0 spiro atoms. The molecule has 16 heavy (non-hydrogen) atoms. The Labute approximate surface area is 92.4 Å². The van der Waals surface area contributed by atoms with Crippen LogP contribution in [0.3, 0.4) is 0 Å². The predicted octanol–water partition coefficient (Wildman–Crippen LogP) is -1.16. The maximum absolute atomic E-state index is 11.6. The van der Waals surface area contributed by atoms with Crippen molar-refractivity contribution >= 4 is 17.6 Å². The lowest BCUT2D eigenvalue weighted by Crippen LogP contribution is -2.35. The highest BCUT2D eigenvalue weighted by Gasteiger charge is 2.11. The van der Waals surface area contributed by atoms with E-state index in [1.807, 2.05) is 0 Å². The van der Waals surface area contributed by atoms with E-state index < -0.39 is 5.91 Å². The minimum Gasteiger partial charge on any atom is -0.358 e. The predicted molar refractivity (Wildman–Crippen MR) is 58.4 cm³/mol. The maximum Gasteiger partial charge on any atom is 0.255 e. The molecule has 0 aromatic carbocycles. The van der Waals surface area contributed by atoms with Crippen LogP contribution in [0.25, 0.3) is 0 Å². The Morgan fingerprint density at radius 2 is 2.25 bits per heavy atom. The van der Waals surface area contributed by atoms with Crippen molar-refractivity contribution in [2.24, 2.45) is 5.84 Å². The van der Waals surface area contributed by atoms with Gasteiger partial charge in [0.15, 0.2) is 5.82 Å². The fourth-order valence-corrected chi connectivity index (χ4v) is 1.05. The van der Waals surface area contributed by atoms with Crippen LogP contribution in [-0.4, -0.2) is 30.4 Å². The summed E-state index contributed by atoms with van der Waals surface area (Å²) < 4.78 is 0. The van der Waals surface area contributed by atoms with E-state index in [2.05, 4.69) is 21.0 Å². The van der Waals surface area contributed by atoms with Gasteiger partial charge in [-0.05, 0) is 12.1 Å². The van der Waals surface area contributed by atoms with Crippen LogP contribution in [0, 0.1) is 0 Å². The van der Waals surface area contributed by atoms with Crippen molar-refractivity contribution in [2.45, 2.75) is 0 Å². The van der Waals surface area contributed by atoms with Crippen LogP contribution in [0.15, 0.2) is 18.3 Å². The number of nitrogens with two attached hydrogens (primary N) is 1. The topological polar surface area (TPSA) is 109 Å². The number of hydrazine groups is 1. The molecule has 0 fully saturated rings. The molecule has 0 atom stereocenters. The lowest BCUT2D eigenvalue weighted by molar-refractivity contribution is -0.119. The lowest BCUT2D eigenvalue weighted by atomic mass is 10.2. The van der Waals surface area contributed by atoms with Gasteiger partial charge in [-0.2, -0.15) is 0 Å². The zero-order valence-electron chi connectivity index (χ0n) is 8.78. The molecule has 7 nitrogen and oxygen atoms in total. The standard InChI is InChI=1S/C9H13N5O2/c1-11-7(15)5-13-9(16)6-3-2-4-12-8(6)14-10/h2-4H,5,10H2,1H3,(H,11,15)(H,12,14)(H,13,16). The summed E-state index contributed by atoms with van der Waals surface area (Å²) in [6.45, 7) is -0.0890. The average molecular weight is 223 g/mol. The van der Waals surface area contributed by atoms with Gasteiger partial charge in [0.1, 0.15) is 0 Å². The Bertz CT molecular complexity index is 393. The van der Waals surface area contributed by atoms with Gasteiger partial charge >= 0.3 is 0 Å². The minimum atomic E-state index is -0.412. The van der Waals surface area contributed by atoms with Crippen LogP contribution in [-0.2, 0) is 4.79 Å². The largest absolute Gasteiger partial charge is 0.358 e. The molecule has 0 radical (unpaired) electrons. The molecule has 1 aromatic rings. The van der Waals surface area contributed by atoms with Gasteiger partial charge < -0.3 is 16.1 Å². The number of hydrogen-bond acceptors (Lipinski definition) is 5. The lowest BCUT2D eigenvalue weighted by Gasteiger charge is -2.07. The molecular formula is C9H13N5O2. The number of nitrogen functional groups attached to an aromatic ring is 1. The van der Waals surface area contributed by atoms with Crippen LogP contribution in [0.5, 0.6) is 0 Å². The van der Waals surface area contributed by atoms with Crippen molar-refractivity contribution < 1.29 is 9.59 Å². The third-order valence-electron chi connectivity index (χ3n) is 1.88. The summed E-state index contributed by atoms with van der Waals surface area (Å²) in [5.74, 6) is 4.77. The van der Waals surface area contributed by atoms with Crippen LogP contribution in [0.1, 0.15) is 10.4 Å². The molecule has 0 unspecified atom stereocenters. The van der Waals surface area contributed by atoms with Gasteiger partial charge in [-0.1, -0.05) is 0 Å². The quantitative estimate of drug-likeness (QED) is 0.380. The van der Waals surface area contributed by atoms with Gasteiger partial charge in [-0.3, -0.25) is 9.59 Å². The number of anilines is 1. The summed E-state index contributed by atoms with van der Waals surface area (Å²) in [5, 5.41) is 4.83. The summed E-state index contributed by atoms with van der Waals surface area (Å²) in [4.78, 5) is 26.4. The van der Waals surface area contributed by atoms with Gasteiger partial charge in [0.25, 0.3) is 5.91 Å². The van der Waals surface area contributed by atoms with E-state index in [9.17, 15) is 9.59 Å². The van der Waals surface area contributed by atoms with Crippen molar-refractivity contribution in [3.63, 3.8) is 0 Å². The molecule has 2 amide bonds. The second kappa shape index (κ2) is 5.66. The highest BCUT2D eigenvalue weighted by molar-refractivity contribution is 6.00. The number of likely N-dealkylation sites (N-methyl/N-ethyl adjacent to an activating group) is 1. The Hall–Kier alpha value is -2.15. The Balaban J connectivity index is 2.69. The first kappa shape index (κ1) is 11.9. The zero-order valence-corrected chi connectivity index (χ0v) is 8.78. The number of pyridine rings is 1. The summed E-state index contributed by atoms with van der Waals surface area (Å²) in [6, 6.07) is 3.16. The van der Waals surface area contributed by atoms with Gasteiger partial charge in [-0.15, -0.1) is 0 Å². The van der Waals surface area contributed by atoms with Crippen molar-refractivity contribution in [1.29, 1.82) is 0 Å². The van der Waals surface area contributed by atoms with Crippen molar-refractivity contribution in [1.82, 2.24) is 15.6 Å². The van der Waals surface area contributed by atoms with Crippen LogP contribution in [0.4, 0.5) is 5.82 Å². The maximum atomic E-state index is 11.6. The molecule has 5 N–H and O–H groups in total. The molecule has 1 aromatic heterocycles. The first-order valence-electron chi connectivity index (χ1n) is 4.59. The number of nitrogens with zero attached hydrogens (tertiary/aromatic N) is 1. The molecule has 0 saturated heterocycles. The first-order valence-corrected chi connectivity index (χ1v) is 4.59. The summed E-state index contributed by atoms with van der Waals surface area (Å²) in [5.41, 5.74) is 2.59. The Morgan fingerprint density at radius 3 is 2.88 bits per heavy atom. The van der Waals surface area contributed by atoms with Gasteiger partial charge in [0.2, 0.25) is 5.91 Å². The summed E-state index contributed by atoms with van der Waals surface area (Å²) >= 11 is 0. The van der Waals surface area contributed by atoms with E-state index >= 15 is 0 Å². The van der Waals surface area contributed by atoms with Crippen molar-refractivity contribution in [3.05, 3.63) is 23.9 Å². The van der Waals surface area contributed by atoms with E-state index in [1.165, 1.54) is 13.2 Å². The highest BCUT2D eigenvalue weighted by atomic mass is 16.2. The SMILES string of the molecule is CNC(=O)CNC(=O)c1cccnc1NN. The van der Waals surface area contributed by atoms with Crippen LogP contribution >= 0.6 is 0 Å². The van der Waals surface area contributed by atoms with Crippen LogP contribution in [0.2, 0.25) is 0 Å². The Morgan fingerprint density at radius 1 is 1.50 bits per heavy atom. The molecule has 0 bridgehead atoms. The number of hydrogen-bond donors (Lipinski definition) is 4. The highest BCUT2D eigenvalue weighted by Crippen LogP contribution is 2.08. The van der Waals surface area contributed by atoms with Gasteiger partial charge in [0.05, 0.1) is 12.1 Å². The zero-order chi connectivity index (χ0) is 12.0. The molecule has 1 heterocycles. The number of rotatable bonds is 4. The molecule has 1 rings (SSSR count). The van der Waals surface area contributed by atoms with E-state index in [-0.39, 0.29) is 23.8 Å². The van der Waals surface area contributed by atoms with E-state index in [0.717, 1.165) is 0 Å². The fraction of sp³-hybridized carbons (Fsp3) is 0.222. The third-order valence-corrected chi connectivity index (χ3v) is 1.88. The molecular weight excluding hydrogens is 210 g/mol. The smallest absolute Gasteiger partial charge is 0.255 e. The fourth-order valence-electron chi connectivity index (χ4n) is 1.05. The minimum absolute atomic E-state index is 0.0890. The molecule has 0 aliphatic carbocycles.